The molecule has 0 bridgehead atoms. The zero-order valence-electron chi connectivity index (χ0n) is 9.90. The van der Waals surface area contributed by atoms with Gasteiger partial charge < -0.3 is 12.4 Å². The monoisotopic (exact) mass is 418 g/mol. The molecular weight excluding hydrogens is 413 g/mol. The molecule has 3 rings (SSSR count). The van der Waals surface area contributed by atoms with Gasteiger partial charge in [-0.25, -0.2) is 0 Å². The zero-order chi connectivity index (χ0) is 11.7. The molecule has 0 aliphatic carbocycles. The smallest absolute Gasteiger partial charge is 1.00 e. The Balaban J connectivity index is 0.000000902. The molecule has 0 saturated carbocycles. The van der Waals surface area contributed by atoms with E-state index < -0.39 is 0 Å². The van der Waals surface area contributed by atoms with Crippen molar-refractivity contribution in [2.75, 3.05) is 0 Å². The summed E-state index contributed by atoms with van der Waals surface area (Å²) in [5, 5.41) is 3.13. The third-order valence-electron chi connectivity index (χ3n) is 2.45. The van der Waals surface area contributed by atoms with Crippen LogP contribution in [0, 0.1) is 5.38 Å². The Morgan fingerprint density at radius 2 is 1.53 bits per heavy atom. The van der Waals surface area contributed by atoms with Gasteiger partial charge in [0.25, 0.3) is 0 Å². The fourth-order valence-corrected chi connectivity index (χ4v) is 3.63. The standard InChI is InChI=1S/C14H8BrS2.ClH.Zn/c15-11-5-3-10(4-6-11)12-7-8-14(17-12)13-2-1-9-16-13;;/h1-8H;1H;/q-1;;+2/p-1. The van der Waals surface area contributed by atoms with E-state index in [0.29, 0.717) is 0 Å². The second-order valence-corrected chi connectivity index (χ2v) is 6.47. The molecule has 2 heterocycles. The number of hydrogen-bond donors (Lipinski definition) is 0. The summed E-state index contributed by atoms with van der Waals surface area (Å²) in [5.41, 5.74) is 1.27. The molecule has 0 spiro atoms. The van der Waals surface area contributed by atoms with Crippen LogP contribution in [-0.2, 0) is 19.5 Å². The van der Waals surface area contributed by atoms with Crippen LogP contribution in [0.5, 0.6) is 0 Å². The summed E-state index contributed by atoms with van der Waals surface area (Å²) in [6, 6.07) is 16.9. The van der Waals surface area contributed by atoms with Crippen LogP contribution in [0.15, 0.2) is 53.0 Å². The van der Waals surface area contributed by atoms with E-state index in [1.807, 2.05) is 17.4 Å². The largest absolute Gasteiger partial charge is 2.00 e. The molecule has 0 radical (unpaired) electrons. The van der Waals surface area contributed by atoms with Gasteiger partial charge in [0.15, 0.2) is 0 Å². The molecule has 0 aliphatic heterocycles. The molecular formula is C14H8BrClS2Zn. The van der Waals surface area contributed by atoms with Crippen LogP contribution in [0.3, 0.4) is 0 Å². The first-order chi connectivity index (χ1) is 8.33. The average Bonchev–Trinajstić information content (AvgIpc) is 3.00. The second kappa shape index (κ2) is 7.71. The van der Waals surface area contributed by atoms with E-state index in [2.05, 4.69) is 63.8 Å². The fourth-order valence-electron chi connectivity index (χ4n) is 1.61. The molecule has 0 N–H and O–H groups in total. The maximum absolute atomic E-state index is 3.46. The Labute approximate surface area is 148 Å². The first kappa shape index (κ1) is 17.1. The molecule has 2 aromatic heterocycles. The number of benzene rings is 1. The third-order valence-corrected chi connectivity index (χ3v) is 5.10. The van der Waals surface area contributed by atoms with Crippen molar-refractivity contribution < 1.29 is 31.9 Å². The summed E-state index contributed by atoms with van der Waals surface area (Å²) in [6.45, 7) is 0. The minimum atomic E-state index is 0. The molecule has 0 amide bonds. The number of thiophene rings is 2. The van der Waals surface area contributed by atoms with Gasteiger partial charge in [-0.05, 0) is 28.6 Å². The zero-order valence-corrected chi connectivity index (χ0v) is 16.8. The number of rotatable bonds is 2. The van der Waals surface area contributed by atoms with E-state index >= 15 is 0 Å². The van der Waals surface area contributed by atoms with E-state index in [1.54, 1.807) is 11.3 Å². The number of halogens is 2. The molecule has 0 saturated heterocycles. The van der Waals surface area contributed by atoms with Crippen LogP contribution < -0.4 is 12.4 Å². The average molecular weight is 421 g/mol. The van der Waals surface area contributed by atoms with Gasteiger partial charge in [-0.3, -0.25) is 11.3 Å². The summed E-state index contributed by atoms with van der Waals surface area (Å²) < 4.78 is 1.12. The summed E-state index contributed by atoms with van der Waals surface area (Å²) >= 11 is 6.95. The predicted octanol–water partition coefficient (Wildman–Crippen LogP) is 2.71. The van der Waals surface area contributed by atoms with Gasteiger partial charge in [-0.2, -0.15) is 12.1 Å². The van der Waals surface area contributed by atoms with Crippen LogP contribution >= 0.6 is 38.6 Å². The van der Waals surface area contributed by atoms with Gasteiger partial charge in [0.05, 0.1) is 0 Å². The normalized spacial score (nSPS) is 9.53. The molecule has 0 nitrogen and oxygen atoms in total. The Kier molecular flexibility index (Phi) is 6.92. The molecule has 5 heteroatoms. The molecule has 0 aliphatic rings. The summed E-state index contributed by atoms with van der Waals surface area (Å²) in [4.78, 5) is 3.91. The van der Waals surface area contributed by atoms with E-state index in [0.717, 1.165) is 4.47 Å². The van der Waals surface area contributed by atoms with Crippen molar-refractivity contribution in [1.82, 2.24) is 0 Å². The maximum Gasteiger partial charge on any atom is 2.00 e. The third kappa shape index (κ3) is 3.99. The van der Waals surface area contributed by atoms with Crippen molar-refractivity contribution in [3.05, 3.63) is 58.4 Å². The first-order valence-electron chi connectivity index (χ1n) is 5.15. The molecule has 0 atom stereocenters. The molecule has 0 unspecified atom stereocenters. The Hall–Kier alpha value is 0.0134. The van der Waals surface area contributed by atoms with Gasteiger partial charge in [0.2, 0.25) is 0 Å². The topological polar surface area (TPSA) is 0 Å². The SMILES string of the molecule is Brc1ccc(-c2ccc(-c3cc[c-]s3)s2)cc1.[Cl-].[Zn+2]. The van der Waals surface area contributed by atoms with E-state index in [-0.39, 0.29) is 31.9 Å². The van der Waals surface area contributed by atoms with Crippen molar-refractivity contribution in [3.63, 3.8) is 0 Å². The molecule has 19 heavy (non-hydrogen) atoms. The molecule has 3 aromatic rings. The van der Waals surface area contributed by atoms with Crippen molar-refractivity contribution >= 4 is 38.6 Å². The van der Waals surface area contributed by atoms with Gasteiger partial charge in [0.1, 0.15) is 0 Å². The molecule has 92 valence electrons. The van der Waals surface area contributed by atoms with Crippen LogP contribution in [0.1, 0.15) is 0 Å². The minimum Gasteiger partial charge on any atom is -1.00 e. The van der Waals surface area contributed by atoms with Crippen molar-refractivity contribution in [3.8, 4) is 20.2 Å². The van der Waals surface area contributed by atoms with Crippen LogP contribution in [-0.4, -0.2) is 0 Å². The van der Waals surface area contributed by atoms with Crippen molar-refractivity contribution in [2.45, 2.75) is 0 Å². The Morgan fingerprint density at radius 3 is 2.16 bits per heavy atom. The maximum atomic E-state index is 3.46. The number of hydrogen-bond acceptors (Lipinski definition) is 2. The Bertz CT molecular complexity index is 617. The van der Waals surface area contributed by atoms with E-state index in [9.17, 15) is 0 Å². The fraction of sp³-hybridized carbons (Fsp3) is 0. The van der Waals surface area contributed by atoms with Gasteiger partial charge in [-0.1, -0.05) is 34.1 Å². The van der Waals surface area contributed by atoms with Crippen molar-refractivity contribution in [1.29, 1.82) is 0 Å². The van der Waals surface area contributed by atoms with Crippen LogP contribution in [0.2, 0.25) is 0 Å². The quantitative estimate of drug-likeness (QED) is 0.441. The predicted molar refractivity (Wildman–Crippen MR) is 79.6 cm³/mol. The van der Waals surface area contributed by atoms with Gasteiger partial charge >= 0.3 is 19.5 Å². The van der Waals surface area contributed by atoms with Gasteiger partial charge in [-0.15, -0.1) is 21.6 Å². The Morgan fingerprint density at radius 1 is 0.842 bits per heavy atom. The van der Waals surface area contributed by atoms with Crippen LogP contribution in [0.4, 0.5) is 0 Å². The summed E-state index contributed by atoms with van der Waals surface area (Å²) in [7, 11) is 0. The van der Waals surface area contributed by atoms with Crippen molar-refractivity contribution in [2.24, 2.45) is 0 Å². The first-order valence-corrected chi connectivity index (χ1v) is 7.57. The summed E-state index contributed by atoms with van der Waals surface area (Å²) in [6.07, 6.45) is 0. The molecule has 1 aromatic carbocycles. The minimum absolute atomic E-state index is 0. The van der Waals surface area contributed by atoms with Crippen LogP contribution in [0.25, 0.3) is 20.2 Å². The second-order valence-electron chi connectivity index (χ2n) is 3.59. The molecule has 0 fully saturated rings. The van der Waals surface area contributed by atoms with Gasteiger partial charge in [0, 0.05) is 9.35 Å². The van der Waals surface area contributed by atoms with E-state index in [4.69, 9.17) is 0 Å². The summed E-state index contributed by atoms with van der Waals surface area (Å²) in [5.74, 6) is 0. The van der Waals surface area contributed by atoms with E-state index in [1.165, 1.54) is 20.2 Å².